The van der Waals surface area contributed by atoms with E-state index in [0.717, 1.165) is 38.1 Å². The van der Waals surface area contributed by atoms with Crippen LogP contribution in [0.2, 0.25) is 0 Å². The normalized spacial score (nSPS) is 12.7. The highest BCUT2D eigenvalue weighted by atomic mass is 14.5. The van der Waals surface area contributed by atoms with E-state index in [0.29, 0.717) is 0 Å². The number of rotatable bonds is 8. The molecule has 0 aliphatic carbocycles. The molecule has 1 aromatic carbocycles. The van der Waals surface area contributed by atoms with Gasteiger partial charge in [-0.3, -0.25) is 0 Å². The summed E-state index contributed by atoms with van der Waals surface area (Å²) in [6.07, 6.45) is 7.09. The maximum absolute atomic E-state index is 5.65. The van der Waals surface area contributed by atoms with Crippen LogP contribution < -0.4 is 5.73 Å². The molecule has 108 valence electrons. The lowest BCUT2D eigenvalue weighted by Crippen LogP contribution is -2.08. The van der Waals surface area contributed by atoms with Crippen LogP contribution in [0.5, 0.6) is 0 Å². The van der Waals surface area contributed by atoms with Crippen molar-refractivity contribution < 1.29 is 0 Å². The van der Waals surface area contributed by atoms with Crippen LogP contribution in [0.4, 0.5) is 0 Å². The van der Waals surface area contributed by atoms with Gasteiger partial charge in [-0.15, -0.1) is 0 Å². The maximum atomic E-state index is 5.65. The van der Waals surface area contributed by atoms with Gasteiger partial charge in [-0.2, -0.15) is 0 Å². The van der Waals surface area contributed by atoms with Crippen LogP contribution in [-0.4, -0.2) is 6.54 Å². The second-order valence-electron chi connectivity index (χ2n) is 5.67. The molecule has 0 heterocycles. The third-order valence-electron chi connectivity index (χ3n) is 4.21. The highest BCUT2D eigenvalue weighted by Crippen LogP contribution is 2.23. The second-order valence-corrected chi connectivity index (χ2v) is 5.67. The van der Waals surface area contributed by atoms with Gasteiger partial charge in [0, 0.05) is 0 Å². The Kier molecular flexibility index (Phi) is 7.15. The summed E-state index contributed by atoms with van der Waals surface area (Å²) in [5.74, 6) is 0.741. The number of aryl methyl sites for hydroxylation is 3. The summed E-state index contributed by atoms with van der Waals surface area (Å²) < 4.78 is 0. The zero-order chi connectivity index (χ0) is 14.3. The Hall–Kier alpha value is -0.820. The Morgan fingerprint density at radius 2 is 1.53 bits per heavy atom. The summed E-state index contributed by atoms with van der Waals surface area (Å²) in [5.41, 5.74) is 11.9. The zero-order valence-corrected chi connectivity index (χ0v) is 13.3. The van der Waals surface area contributed by atoms with Crippen LogP contribution in [-0.2, 0) is 25.7 Å². The molecule has 0 spiro atoms. The zero-order valence-electron chi connectivity index (χ0n) is 13.3. The summed E-state index contributed by atoms with van der Waals surface area (Å²) in [6, 6.07) is 4.84. The Bertz CT molecular complexity index is 356. The molecule has 0 amide bonds. The lowest BCUT2D eigenvalue weighted by atomic mass is 9.88. The van der Waals surface area contributed by atoms with Gasteiger partial charge in [-0.1, -0.05) is 39.8 Å². The van der Waals surface area contributed by atoms with Crippen LogP contribution in [0, 0.1) is 5.92 Å². The summed E-state index contributed by atoms with van der Waals surface area (Å²) in [7, 11) is 0. The third kappa shape index (κ3) is 4.65. The minimum Gasteiger partial charge on any atom is -0.330 e. The van der Waals surface area contributed by atoms with Gasteiger partial charge in [0.25, 0.3) is 0 Å². The van der Waals surface area contributed by atoms with Crippen LogP contribution in [0.15, 0.2) is 12.1 Å². The highest BCUT2D eigenvalue weighted by Gasteiger charge is 2.10. The molecular weight excluding hydrogens is 230 g/mol. The predicted molar refractivity (Wildman–Crippen MR) is 85.7 cm³/mol. The molecule has 1 aromatic rings. The molecule has 1 nitrogen and oxygen atoms in total. The molecule has 1 atom stereocenters. The van der Waals surface area contributed by atoms with E-state index in [1.165, 1.54) is 18.4 Å². The van der Waals surface area contributed by atoms with E-state index in [2.05, 4.69) is 39.8 Å². The van der Waals surface area contributed by atoms with Gasteiger partial charge in [-0.05, 0) is 73.2 Å². The van der Waals surface area contributed by atoms with Gasteiger partial charge in [0.1, 0.15) is 0 Å². The Balaban J connectivity index is 2.90. The van der Waals surface area contributed by atoms with Gasteiger partial charge in [0.2, 0.25) is 0 Å². The van der Waals surface area contributed by atoms with Crippen LogP contribution in [0.1, 0.15) is 62.8 Å². The van der Waals surface area contributed by atoms with Gasteiger partial charge >= 0.3 is 0 Å². The summed E-state index contributed by atoms with van der Waals surface area (Å²) in [6.45, 7) is 9.95. The molecule has 0 saturated carbocycles. The molecule has 0 fully saturated rings. The van der Waals surface area contributed by atoms with Gasteiger partial charge < -0.3 is 5.73 Å². The van der Waals surface area contributed by atoms with Crippen molar-refractivity contribution in [3.63, 3.8) is 0 Å². The smallest absolute Gasteiger partial charge is 0.00747 e. The van der Waals surface area contributed by atoms with Crippen molar-refractivity contribution in [3.8, 4) is 0 Å². The monoisotopic (exact) mass is 261 g/mol. The first-order valence-corrected chi connectivity index (χ1v) is 7.99. The minimum atomic E-state index is 0.741. The Labute approximate surface area is 119 Å². The fraction of sp³-hybridized carbons (Fsp3) is 0.667. The van der Waals surface area contributed by atoms with Crippen LogP contribution in [0.25, 0.3) is 0 Å². The maximum Gasteiger partial charge on any atom is -0.00747 e. The first kappa shape index (κ1) is 16.2. The fourth-order valence-electron chi connectivity index (χ4n) is 2.85. The molecule has 19 heavy (non-hydrogen) atoms. The third-order valence-corrected chi connectivity index (χ3v) is 4.21. The van der Waals surface area contributed by atoms with E-state index in [4.69, 9.17) is 5.73 Å². The van der Waals surface area contributed by atoms with Crippen LogP contribution >= 0.6 is 0 Å². The van der Waals surface area contributed by atoms with Gasteiger partial charge in [0.05, 0.1) is 0 Å². The molecule has 0 aliphatic rings. The summed E-state index contributed by atoms with van der Waals surface area (Å²) in [4.78, 5) is 0. The quantitative estimate of drug-likeness (QED) is 0.742. The first-order valence-electron chi connectivity index (χ1n) is 7.99. The van der Waals surface area contributed by atoms with E-state index < -0.39 is 0 Å². The van der Waals surface area contributed by atoms with Crippen molar-refractivity contribution in [2.24, 2.45) is 11.7 Å². The summed E-state index contributed by atoms with van der Waals surface area (Å²) in [5, 5.41) is 0. The van der Waals surface area contributed by atoms with E-state index in [-0.39, 0.29) is 0 Å². The van der Waals surface area contributed by atoms with Crippen molar-refractivity contribution >= 4 is 0 Å². The molecule has 0 bridgehead atoms. The summed E-state index contributed by atoms with van der Waals surface area (Å²) >= 11 is 0. The lowest BCUT2D eigenvalue weighted by molar-refractivity contribution is 0.498. The largest absolute Gasteiger partial charge is 0.330 e. The molecular formula is C18H31N. The number of benzene rings is 1. The Morgan fingerprint density at radius 1 is 0.947 bits per heavy atom. The molecule has 1 unspecified atom stereocenters. The van der Waals surface area contributed by atoms with E-state index in [1.54, 1.807) is 16.7 Å². The van der Waals surface area contributed by atoms with Crippen molar-refractivity contribution in [2.45, 2.75) is 66.2 Å². The van der Waals surface area contributed by atoms with E-state index in [9.17, 15) is 0 Å². The number of nitrogens with two attached hydrogens (primary N) is 1. The fourth-order valence-corrected chi connectivity index (χ4v) is 2.85. The molecule has 0 aliphatic heterocycles. The topological polar surface area (TPSA) is 26.0 Å². The van der Waals surface area contributed by atoms with Crippen LogP contribution in [0.3, 0.4) is 0 Å². The highest BCUT2D eigenvalue weighted by molar-refractivity contribution is 5.39. The molecule has 0 radical (unpaired) electrons. The first-order chi connectivity index (χ1) is 9.15. The molecule has 1 rings (SSSR count). The van der Waals surface area contributed by atoms with Crippen molar-refractivity contribution in [1.29, 1.82) is 0 Å². The Morgan fingerprint density at radius 3 is 1.95 bits per heavy atom. The SMILES string of the molecule is CCc1cc(CC)c(CCC(C)CCN)c(CC)c1. The van der Waals surface area contributed by atoms with E-state index >= 15 is 0 Å². The molecule has 0 saturated heterocycles. The van der Waals surface area contributed by atoms with E-state index in [1.807, 2.05) is 0 Å². The van der Waals surface area contributed by atoms with Crippen molar-refractivity contribution in [1.82, 2.24) is 0 Å². The standard InChI is InChI=1S/C18H31N/c1-5-15-12-16(6-2)18(17(7-3)13-15)9-8-14(4)10-11-19/h12-14H,5-11,19H2,1-4H3. The average molecular weight is 261 g/mol. The van der Waals surface area contributed by atoms with Crippen molar-refractivity contribution in [2.75, 3.05) is 6.54 Å². The second kappa shape index (κ2) is 8.37. The number of hydrogen-bond donors (Lipinski definition) is 1. The molecule has 2 N–H and O–H groups in total. The average Bonchev–Trinajstić information content (AvgIpc) is 2.44. The van der Waals surface area contributed by atoms with Gasteiger partial charge in [-0.25, -0.2) is 0 Å². The molecule has 0 aromatic heterocycles. The predicted octanol–water partition coefficient (Wildman–Crippen LogP) is 4.29. The minimum absolute atomic E-state index is 0.741. The van der Waals surface area contributed by atoms with Crippen molar-refractivity contribution in [3.05, 3.63) is 34.4 Å². The molecule has 1 heteroatoms. The van der Waals surface area contributed by atoms with Gasteiger partial charge in [0.15, 0.2) is 0 Å². The number of hydrogen-bond acceptors (Lipinski definition) is 1. The lowest BCUT2D eigenvalue weighted by Gasteiger charge is -2.17.